The Morgan fingerprint density at radius 1 is 1.00 bits per heavy atom. The minimum atomic E-state index is -0.0341. The maximum Gasteiger partial charge on any atom is 0.254 e. The standard InChI is InChI=1S/C21H32N2O4/c1-4-5-6-7-15-27-19-10-9-18(16-20(19)26-3)21(25)23-12-8-11-22(13-14-23)17(2)24/h9-10,16H,4-8,11-15H2,1-3H3. The fourth-order valence-electron chi connectivity index (χ4n) is 3.25. The van der Waals surface area contributed by atoms with Gasteiger partial charge in [-0.2, -0.15) is 0 Å². The Labute approximate surface area is 162 Å². The van der Waals surface area contributed by atoms with Crippen LogP contribution in [0.3, 0.4) is 0 Å². The van der Waals surface area contributed by atoms with Gasteiger partial charge in [-0.05, 0) is 31.0 Å². The van der Waals surface area contributed by atoms with Crippen molar-refractivity contribution in [2.24, 2.45) is 0 Å². The zero-order valence-electron chi connectivity index (χ0n) is 16.8. The largest absolute Gasteiger partial charge is 0.493 e. The third kappa shape index (κ3) is 6.15. The molecule has 1 fully saturated rings. The first kappa shape index (κ1) is 21.1. The Balaban J connectivity index is 1.99. The van der Waals surface area contributed by atoms with Crippen LogP contribution in [-0.4, -0.2) is 61.5 Å². The molecule has 1 aromatic rings. The second-order valence-electron chi connectivity index (χ2n) is 6.93. The number of hydrogen-bond acceptors (Lipinski definition) is 4. The minimum absolute atomic E-state index is 0.0341. The lowest BCUT2D eigenvalue weighted by atomic mass is 10.1. The van der Waals surface area contributed by atoms with Crippen molar-refractivity contribution in [2.75, 3.05) is 39.9 Å². The summed E-state index contributed by atoms with van der Waals surface area (Å²) in [6.45, 7) is 6.89. The molecule has 6 nitrogen and oxygen atoms in total. The van der Waals surface area contributed by atoms with E-state index in [1.165, 1.54) is 12.8 Å². The van der Waals surface area contributed by atoms with Gasteiger partial charge in [0, 0.05) is 38.7 Å². The van der Waals surface area contributed by atoms with Crippen molar-refractivity contribution >= 4 is 11.8 Å². The Bertz CT molecular complexity index is 633. The first-order valence-electron chi connectivity index (χ1n) is 9.92. The molecule has 0 unspecified atom stereocenters. The van der Waals surface area contributed by atoms with E-state index >= 15 is 0 Å². The molecule has 1 aliphatic rings. The van der Waals surface area contributed by atoms with Crippen molar-refractivity contribution in [1.29, 1.82) is 0 Å². The van der Waals surface area contributed by atoms with Crippen LogP contribution in [0.4, 0.5) is 0 Å². The second-order valence-corrected chi connectivity index (χ2v) is 6.93. The Morgan fingerprint density at radius 2 is 1.74 bits per heavy atom. The molecule has 0 bridgehead atoms. The van der Waals surface area contributed by atoms with Crippen molar-refractivity contribution in [1.82, 2.24) is 9.80 Å². The van der Waals surface area contributed by atoms with Gasteiger partial charge in [-0.3, -0.25) is 9.59 Å². The average molecular weight is 376 g/mol. The van der Waals surface area contributed by atoms with E-state index in [0.29, 0.717) is 49.8 Å². The fraction of sp³-hybridized carbons (Fsp3) is 0.619. The number of rotatable bonds is 8. The highest BCUT2D eigenvalue weighted by Crippen LogP contribution is 2.29. The summed E-state index contributed by atoms with van der Waals surface area (Å²) in [6.07, 6.45) is 5.37. The number of methoxy groups -OCH3 is 1. The molecule has 6 heteroatoms. The van der Waals surface area contributed by atoms with Gasteiger partial charge in [0.1, 0.15) is 0 Å². The SMILES string of the molecule is CCCCCCOc1ccc(C(=O)N2CCCN(C(C)=O)CC2)cc1OC. The molecule has 0 radical (unpaired) electrons. The van der Waals surface area contributed by atoms with Gasteiger partial charge in [-0.15, -0.1) is 0 Å². The molecular formula is C21H32N2O4. The van der Waals surface area contributed by atoms with Gasteiger partial charge in [0.25, 0.3) is 5.91 Å². The number of unbranched alkanes of at least 4 members (excludes halogenated alkanes) is 3. The van der Waals surface area contributed by atoms with Crippen molar-refractivity contribution in [3.63, 3.8) is 0 Å². The van der Waals surface area contributed by atoms with Crippen LogP contribution < -0.4 is 9.47 Å². The van der Waals surface area contributed by atoms with Crippen LogP contribution in [0.15, 0.2) is 18.2 Å². The number of benzene rings is 1. The molecule has 2 amide bonds. The maximum absolute atomic E-state index is 12.9. The maximum atomic E-state index is 12.9. The van der Waals surface area contributed by atoms with Crippen molar-refractivity contribution in [3.05, 3.63) is 23.8 Å². The monoisotopic (exact) mass is 376 g/mol. The molecule has 0 aliphatic carbocycles. The number of ether oxygens (including phenoxy) is 2. The van der Waals surface area contributed by atoms with Gasteiger partial charge in [-0.1, -0.05) is 26.2 Å². The molecule has 0 saturated carbocycles. The predicted molar refractivity (Wildman–Crippen MR) is 105 cm³/mol. The second kappa shape index (κ2) is 10.8. The first-order valence-corrected chi connectivity index (χ1v) is 9.92. The van der Waals surface area contributed by atoms with E-state index in [4.69, 9.17) is 9.47 Å². The van der Waals surface area contributed by atoms with Crippen LogP contribution >= 0.6 is 0 Å². The molecule has 1 heterocycles. The zero-order chi connectivity index (χ0) is 19.6. The predicted octanol–water partition coefficient (Wildman–Crippen LogP) is 3.35. The van der Waals surface area contributed by atoms with Crippen molar-refractivity contribution in [3.8, 4) is 11.5 Å². The summed E-state index contributed by atoms with van der Waals surface area (Å²) in [4.78, 5) is 28.0. The van der Waals surface area contributed by atoms with Gasteiger partial charge in [0.15, 0.2) is 11.5 Å². The normalized spacial score (nSPS) is 14.6. The molecule has 27 heavy (non-hydrogen) atoms. The smallest absolute Gasteiger partial charge is 0.254 e. The molecule has 0 atom stereocenters. The van der Waals surface area contributed by atoms with E-state index in [9.17, 15) is 9.59 Å². The van der Waals surface area contributed by atoms with E-state index in [1.54, 1.807) is 31.1 Å². The summed E-state index contributed by atoms with van der Waals surface area (Å²) in [5.41, 5.74) is 0.585. The van der Waals surface area contributed by atoms with Crippen molar-refractivity contribution in [2.45, 2.75) is 46.0 Å². The van der Waals surface area contributed by atoms with Gasteiger partial charge >= 0.3 is 0 Å². The van der Waals surface area contributed by atoms with E-state index in [-0.39, 0.29) is 11.8 Å². The highest BCUT2D eigenvalue weighted by molar-refractivity contribution is 5.95. The number of amides is 2. The summed E-state index contributed by atoms with van der Waals surface area (Å²) in [6, 6.07) is 5.35. The number of hydrogen-bond donors (Lipinski definition) is 0. The summed E-state index contributed by atoms with van der Waals surface area (Å²) < 4.78 is 11.2. The molecule has 2 rings (SSSR count). The van der Waals surface area contributed by atoms with E-state index in [0.717, 1.165) is 19.3 Å². The number of nitrogens with zero attached hydrogens (tertiary/aromatic N) is 2. The molecule has 0 spiro atoms. The molecule has 0 aromatic heterocycles. The van der Waals surface area contributed by atoms with Crippen LogP contribution in [0.25, 0.3) is 0 Å². The highest BCUT2D eigenvalue weighted by Gasteiger charge is 2.22. The molecule has 1 aliphatic heterocycles. The molecule has 150 valence electrons. The molecule has 1 aromatic carbocycles. The third-order valence-corrected chi connectivity index (χ3v) is 4.89. The molecular weight excluding hydrogens is 344 g/mol. The van der Waals surface area contributed by atoms with Gasteiger partial charge in [0.2, 0.25) is 5.91 Å². The molecule has 0 N–H and O–H groups in total. The van der Waals surface area contributed by atoms with Crippen LogP contribution in [0, 0.1) is 0 Å². The van der Waals surface area contributed by atoms with E-state index in [1.807, 2.05) is 11.0 Å². The van der Waals surface area contributed by atoms with Crippen LogP contribution in [-0.2, 0) is 4.79 Å². The minimum Gasteiger partial charge on any atom is -0.493 e. The lowest BCUT2D eigenvalue weighted by molar-refractivity contribution is -0.128. The summed E-state index contributed by atoms with van der Waals surface area (Å²) in [5, 5.41) is 0. The quantitative estimate of drug-likeness (QED) is 0.653. The third-order valence-electron chi connectivity index (χ3n) is 4.89. The summed E-state index contributed by atoms with van der Waals surface area (Å²) in [7, 11) is 1.59. The zero-order valence-corrected chi connectivity index (χ0v) is 16.8. The fourth-order valence-corrected chi connectivity index (χ4v) is 3.25. The van der Waals surface area contributed by atoms with Crippen LogP contribution in [0.1, 0.15) is 56.3 Å². The van der Waals surface area contributed by atoms with Crippen molar-refractivity contribution < 1.29 is 19.1 Å². The van der Waals surface area contributed by atoms with Gasteiger partial charge in [0.05, 0.1) is 13.7 Å². The van der Waals surface area contributed by atoms with Crippen LogP contribution in [0.5, 0.6) is 11.5 Å². The van der Waals surface area contributed by atoms with Gasteiger partial charge in [-0.25, -0.2) is 0 Å². The highest BCUT2D eigenvalue weighted by atomic mass is 16.5. The number of carbonyl (C=O) groups excluding carboxylic acids is 2. The average Bonchev–Trinajstić information content (AvgIpc) is 2.93. The first-order chi connectivity index (χ1) is 13.1. The Morgan fingerprint density at radius 3 is 2.44 bits per heavy atom. The number of carbonyl (C=O) groups is 2. The summed E-state index contributed by atoms with van der Waals surface area (Å²) >= 11 is 0. The van der Waals surface area contributed by atoms with E-state index < -0.39 is 0 Å². The lowest BCUT2D eigenvalue weighted by Crippen LogP contribution is -2.36. The Hall–Kier alpha value is -2.24. The van der Waals surface area contributed by atoms with Gasteiger partial charge < -0.3 is 19.3 Å². The lowest BCUT2D eigenvalue weighted by Gasteiger charge is -2.22. The molecule has 1 saturated heterocycles. The van der Waals surface area contributed by atoms with Crippen LogP contribution in [0.2, 0.25) is 0 Å². The topological polar surface area (TPSA) is 59.1 Å². The summed E-state index contributed by atoms with van der Waals surface area (Å²) in [5.74, 6) is 1.28. The Kier molecular flexibility index (Phi) is 8.43. The van der Waals surface area contributed by atoms with E-state index in [2.05, 4.69) is 6.92 Å².